The summed E-state index contributed by atoms with van der Waals surface area (Å²) in [5.74, 6) is 2.52. The van der Waals surface area contributed by atoms with Crippen molar-refractivity contribution in [3.8, 4) is 5.75 Å². The number of hydrogen-bond donors (Lipinski definition) is 1. The number of aliphatic hydroxyl groups is 1. The quantitative estimate of drug-likeness (QED) is 0.879. The summed E-state index contributed by atoms with van der Waals surface area (Å²) >= 11 is 1.80. The lowest BCUT2D eigenvalue weighted by atomic mass is 9.79. The lowest BCUT2D eigenvalue weighted by Crippen LogP contribution is -2.40. The third-order valence-electron chi connectivity index (χ3n) is 3.09. The Morgan fingerprint density at radius 2 is 2.12 bits per heavy atom. The van der Waals surface area contributed by atoms with Gasteiger partial charge in [-0.3, -0.25) is 4.98 Å². The minimum atomic E-state index is -0.784. The number of nitrogens with zero attached hydrogens (tertiary/aromatic N) is 1. The van der Waals surface area contributed by atoms with Gasteiger partial charge in [0.25, 0.3) is 0 Å². The van der Waals surface area contributed by atoms with Gasteiger partial charge < -0.3 is 9.84 Å². The van der Waals surface area contributed by atoms with Crippen LogP contribution >= 0.6 is 11.8 Å². The van der Waals surface area contributed by atoms with E-state index in [-0.39, 0.29) is 5.41 Å². The van der Waals surface area contributed by atoms with Crippen molar-refractivity contribution in [3.05, 3.63) is 24.0 Å². The van der Waals surface area contributed by atoms with E-state index in [9.17, 15) is 5.11 Å². The molecule has 3 nitrogen and oxygen atoms in total. The van der Waals surface area contributed by atoms with E-state index in [0.717, 1.165) is 23.5 Å². The third kappa shape index (κ3) is 2.75. The van der Waals surface area contributed by atoms with E-state index in [4.69, 9.17) is 4.74 Å². The van der Waals surface area contributed by atoms with E-state index >= 15 is 0 Å². The molecule has 0 spiro atoms. The van der Waals surface area contributed by atoms with Crippen LogP contribution in [-0.2, 0) is 5.60 Å². The van der Waals surface area contributed by atoms with Crippen LogP contribution in [0.4, 0.5) is 0 Å². The number of pyridine rings is 1. The second-order valence-corrected chi connectivity index (χ2v) is 6.46. The molecular formula is C13H19NO2S. The zero-order valence-electron chi connectivity index (χ0n) is 10.6. The van der Waals surface area contributed by atoms with E-state index in [1.165, 1.54) is 0 Å². The number of methoxy groups -OCH3 is 1. The maximum absolute atomic E-state index is 10.8. The summed E-state index contributed by atoms with van der Waals surface area (Å²) in [6.45, 7) is 4.38. The van der Waals surface area contributed by atoms with E-state index in [1.54, 1.807) is 31.3 Å². The standard InChI is InChI=1S/C13H19NO2S/c1-12(2)7-13(15,9-17-8-12)10-4-11(16-3)6-14-5-10/h4-6,15H,7-9H2,1-3H3. The van der Waals surface area contributed by atoms with Crippen LogP contribution in [0, 0.1) is 5.41 Å². The molecule has 0 saturated carbocycles. The van der Waals surface area contributed by atoms with Gasteiger partial charge in [0, 0.05) is 17.5 Å². The van der Waals surface area contributed by atoms with Crippen molar-refractivity contribution in [1.82, 2.24) is 4.98 Å². The molecule has 1 atom stereocenters. The summed E-state index contributed by atoms with van der Waals surface area (Å²) in [7, 11) is 1.62. The van der Waals surface area contributed by atoms with Crippen LogP contribution in [0.5, 0.6) is 5.75 Å². The zero-order chi connectivity index (χ0) is 12.5. The van der Waals surface area contributed by atoms with Crippen molar-refractivity contribution in [2.45, 2.75) is 25.9 Å². The molecule has 1 unspecified atom stereocenters. The molecule has 4 heteroatoms. The maximum Gasteiger partial charge on any atom is 0.137 e. The van der Waals surface area contributed by atoms with Gasteiger partial charge in [-0.25, -0.2) is 0 Å². The molecule has 1 aliphatic heterocycles. The molecule has 1 aromatic heterocycles. The second kappa shape index (κ2) is 4.50. The van der Waals surface area contributed by atoms with E-state index < -0.39 is 5.60 Å². The molecule has 1 N–H and O–H groups in total. The Kier molecular flexibility index (Phi) is 3.36. The smallest absolute Gasteiger partial charge is 0.137 e. The van der Waals surface area contributed by atoms with Gasteiger partial charge in [-0.2, -0.15) is 11.8 Å². The van der Waals surface area contributed by atoms with Crippen LogP contribution in [0.15, 0.2) is 18.5 Å². The SMILES string of the molecule is COc1cncc(C2(O)CSCC(C)(C)C2)c1. The van der Waals surface area contributed by atoms with Gasteiger partial charge in [0.1, 0.15) is 11.4 Å². The normalized spacial score (nSPS) is 27.8. The van der Waals surface area contributed by atoms with Gasteiger partial charge in [0.05, 0.1) is 13.3 Å². The van der Waals surface area contributed by atoms with Gasteiger partial charge in [0.2, 0.25) is 0 Å². The predicted octanol–water partition coefficient (Wildman–Crippen LogP) is 2.44. The molecule has 2 rings (SSSR count). The predicted molar refractivity (Wildman–Crippen MR) is 70.4 cm³/mol. The molecule has 2 heterocycles. The molecule has 1 aliphatic rings. The first-order valence-corrected chi connectivity index (χ1v) is 6.90. The fourth-order valence-corrected chi connectivity index (χ4v) is 3.72. The second-order valence-electron chi connectivity index (χ2n) is 5.48. The van der Waals surface area contributed by atoms with Crippen LogP contribution < -0.4 is 4.74 Å². The Hall–Kier alpha value is -0.740. The average molecular weight is 253 g/mol. The highest BCUT2D eigenvalue weighted by Crippen LogP contribution is 2.44. The van der Waals surface area contributed by atoms with Gasteiger partial charge in [-0.1, -0.05) is 13.8 Å². The first-order chi connectivity index (χ1) is 7.95. The average Bonchev–Trinajstić information content (AvgIpc) is 2.27. The molecule has 17 heavy (non-hydrogen) atoms. The molecule has 0 aliphatic carbocycles. The number of hydrogen-bond acceptors (Lipinski definition) is 4. The van der Waals surface area contributed by atoms with E-state index in [2.05, 4.69) is 18.8 Å². The Balaban J connectivity index is 2.30. The van der Waals surface area contributed by atoms with Gasteiger partial charge >= 0.3 is 0 Å². The lowest BCUT2D eigenvalue weighted by molar-refractivity contribution is 0.0151. The molecule has 1 aromatic rings. The van der Waals surface area contributed by atoms with Crippen molar-refractivity contribution >= 4 is 11.8 Å². The molecule has 0 radical (unpaired) electrons. The van der Waals surface area contributed by atoms with Crippen LogP contribution in [0.1, 0.15) is 25.8 Å². The van der Waals surface area contributed by atoms with Gasteiger partial charge in [-0.05, 0) is 23.7 Å². The van der Waals surface area contributed by atoms with Crippen molar-refractivity contribution < 1.29 is 9.84 Å². The lowest BCUT2D eigenvalue weighted by Gasteiger charge is -2.41. The fraction of sp³-hybridized carbons (Fsp3) is 0.615. The third-order valence-corrected chi connectivity index (χ3v) is 4.76. The monoisotopic (exact) mass is 253 g/mol. The summed E-state index contributed by atoms with van der Waals surface area (Å²) in [5, 5.41) is 10.8. The molecule has 1 saturated heterocycles. The molecule has 94 valence electrons. The van der Waals surface area contributed by atoms with Crippen LogP contribution in [0.3, 0.4) is 0 Å². The van der Waals surface area contributed by atoms with Crippen LogP contribution in [0.25, 0.3) is 0 Å². The maximum atomic E-state index is 10.8. The summed E-state index contributed by atoms with van der Waals surface area (Å²) in [6, 6.07) is 1.88. The highest BCUT2D eigenvalue weighted by molar-refractivity contribution is 7.99. The Labute approximate surface area is 107 Å². The zero-order valence-corrected chi connectivity index (χ0v) is 11.4. The number of rotatable bonds is 2. The number of aromatic nitrogens is 1. The summed E-state index contributed by atoms with van der Waals surface area (Å²) in [6.07, 6.45) is 4.17. The molecule has 0 bridgehead atoms. The Morgan fingerprint density at radius 1 is 1.35 bits per heavy atom. The van der Waals surface area contributed by atoms with Crippen molar-refractivity contribution in [3.63, 3.8) is 0 Å². The van der Waals surface area contributed by atoms with E-state index in [1.807, 2.05) is 6.07 Å². The first-order valence-electron chi connectivity index (χ1n) is 5.75. The van der Waals surface area contributed by atoms with Crippen LogP contribution in [0.2, 0.25) is 0 Å². The largest absolute Gasteiger partial charge is 0.495 e. The minimum absolute atomic E-state index is 0.154. The Bertz CT molecular complexity index is 408. The number of ether oxygens (including phenoxy) is 1. The summed E-state index contributed by atoms with van der Waals surface area (Å²) in [5.41, 5.74) is 0.228. The van der Waals surface area contributed by atoms with Gasteiger partial charge in [-0.15, -0.1) is 0 Å². The topological polar surface area (TPSA) is 42.4 Å². The summed E-state index contributed by atoms with van der Waals surface area (Å²) < 4.78 is 5.16. The van der Waals surface area contributed by atoms with Crippen LogP contribution in [-0.4, -0.2) is 28.7 Å². The summed E-state index contributed by atoms with van der Waals surface area (Å²) in [4.78, 5) is 4.13. The molecule has 1 fully saturated rings. The molecule has 0 aromatic carbocycles. The minimum Gasteiger partial charge on any atom is -0.495 e. The highest BCUT2D eigenvalue weighted by atomic mass is 32.2. The van der Waals surface area contributed by atoms with Gasteiger partial charge in [0.15, 0.2) is 0 Å². The molecular weight excluding hydrogens is 234 g/mol. The van der Waals surface area contributed by atoms with Crippen molar-refractivity contribution in [2.75, 3.05) is 18.6 Å². The fourth-order valence-electron chi connectivity index (χ4n) is 2.36. The number of thioether (sulfide) groups is 1. The highest BCUT2D eigenvalue weighted by Gasteiger charge is 2.40. The molecule has 0 amide bonds. The van der Waals surface area contributed by atoms with Crippen molar-refractivity contribution in [2.24, 2.45) is 5.41 Å². The van der Waals surface area contributed by atoms with E-state index in [0.29, 0.717) is 5.75 Å². The first kappa shape index (κ1) is 12.7. The Morgan fingerprint density at radius 3 is 2.76 bits per heavy atom. The van der Waals surface area contributed by atoms with Crippen molar-refractivity contribution in [1.29, 1.82) is 0 Å².